The van der Waals surface area contributed by atoms with E-state index in [1.807, 2.05) is 18.2 Å². The molecule has 0 aliphatic carbocycles. The number of benzene rings is 1. The molecule has 0 aromatic heterocycles. The third-order valence-electron chi connectivity index (χ3n) is 3.95. The average molecular weight is 284 g/mol. The Morgan fingerprint density at radius 3 is 3.00 bits per heavy atom. The molecule has 4 heteroatoms. The first-order valence-corrected chi connectivity index (χ1v) is 7.17. The molecule has 1 aliphatic heterocycles. The zero-order valence-corrected chi connectivity index (χ0v) is 12.3. The fraction of sp³-hybridized carbons (Fsp3) is 0.600. The predicted octanol–water partition coefficient (Wildman–Crippen LogP) is 2.73. The lowest BCUT2D eigenvalue weighted by molar-refractivity contribution is -0.0473. The Hall–Kier alpha value is -0.610. The summed E-state index contributed by atoms with van der Waals surface area (Å²) in [7, 11) is 2.08. The number of rotatable bonds is 4. The molecule has 0 spiro atoms. The van der Waals surface area contributed by atoms with Gasteiger partial charge >= 0.3 is 0 Å². The SMILES string of the molecule is CC(c1cccc(Cl)c1)N(C)CC1COCCC1O. The highest BCUT2D eigenvalue weighted by Gasteiger charge is 2.26. The van der Waals surface area contributed by atoms with Crippen LogP contribution in [0.1, 0.15) is 24.9 Å². The van der Waals surface area contributed by atoms with Crippen LogP contribution in [0.15, 0.2) is 24.3 Å². The molecular weight excluding hydrogens is 262 g/mol. The first kappa shape index (κ1) is 14.8. The summed E-state index contributed by atoms with van der Waals surface area (Å²) in [6.45, 7) is 4.30. The van der Waals surface area contributed by atoms with Gasteiger partial charge in [0.25, 0.3) is 0 Å². The molecule has 1 saturated heterocycles. The molecule has 0 bridgehead atoms. The number of nitrogens with zero attached hydrogens (tertiary/aromatic N) is 1. The van der Waals surface area contributed by atoms with Gasteiger partial charge in [0.05, 0.1) is 12.7 Å². The quantitative estimate of drug-likeness (QED) is 0.922. The molecule has 106 valence electrons. The minimum Gasteiger partial charge on any atom is -0.393 e. The van der Waals surface area contributed by atoms with E-state index in [2.05, 4.69) is 24.9 Å². The Labute approximate surface area is 120 Å². The highest BCUT2D eigenvalue weighted by molar-refractivity contribution is 6.30. The minimum atomic E-state index is -0.247. The van der Waals surface area contributed by atoms with Gasteiger partial charge in [0, 0.05) is 30.1 Å². The van der Waals surface area contributed by atoms with Gasteiger partial charge in [-0.2, -0.15) is 0 Å². The van der Waals surface area contributed by atoms with Crippen molar-refractivity contribution < 1.29 is 9.84 Å². The molecule has 0 radical (unpaired) electrons. The maximum atomic E-state index is 9.99. The van der Waals surface area contributed by atoms with Crippen molar-refractivity contribution in [2.24, 2.45) is 5.92 Å². The van der Waals surface area contributed by atoms with Crippen LogP contribution in [-0.4, -0.2) is 42.9 Å². The van der Waals surface area contributed by atoms with Gasteiger partial charge in [-0.15, -0.1) is 0 Å². The van der Waals surface area contributed by atoms with Crippen molar-refractivity contribution in [3.8, 4) is 0 Å². The largest absolute Gasteiger partial charge is 0.393 e. The van der Waals surface area contributed by atoms with Crippen molar-refractivity contribution in [1.29, 1.82) is 0 Å². The average Bonchev–Trinajstić information content (AvgIpc) is 2.40. The molecule has 1 aromatic rings. The Bertz CT molecular complexity index is 413. The summed E-state index contributed by atoms with van der Waals surface area (Å²) in [6, 6.07) is 8.21. The molecule has 3 nitrogen and oxygen atoms in total. The second kappa shape index (κ2) is 6.71. The summed E-state index contributed by atoms with van der Waals surface area (Å²) >= 11 is 6.03. The van der Waals surface area contributed by atoms with Crippen LogP contribution >= 0.6 is 11.6 Å². The van der Waals surface area contributed by atoms with Gasteiger partial charge in [0.15, 0.2) is 0 Å². The summed E-state index contributed by atoms with van der Waals surface area (Å²) in [4.78, 5) is 2.24. The Balaban J connectivity index is 1.97. The standard InChI is InChI=1S/C15H22ClNO2/c1-11(12-4-3-5-14(16)8-12)17(2)9-13-10-19-7-6-15(13)18/h3-5,8,11,13,15,18H,6-7,9-10H2,1-2H3. The number of hydrogen-bond donors (Lipinski definition) is 1. The van der Waals surface area contributed by atoms with Crippen LogP contribution in [0.25, 0.3) is 0 Å². The summed E-state index contributed by atoms with van der Waals surface area (Å²) < 4.78 is 5.45. The van der Waals surface area contributed by atoms with Crippen LogP contribution in [0.2, 0.25) is 5.02 Å². The van der Waals surface area contributed by atoms with Gasteiger partial charge in [-0.1, -0.05) is 23.7 Å². The monoisotopic (exact) mass is 283 g/mol. The summed E-state index contributed by atoms with van der Waals surface area (Å²) in [5.41, 5.74) is 1.20. The number of ether oxygens (including phenoxy) is 1. The Kier molecular flexibility index (Phi) is 5.22. The third-order valence-corrected chi connectivity index (χ3v) is 4.18. The van der Waals surface area contributed by atoms with Gasteiger partial charge in [-0.05, 0) is 38.1 Å². The van der Waals surface area contributed by atoms with Crippen LogP contribution in [0.4, 0.5) is 0 Å². The highest BCUT2D eigenvalue weighted by atomic mass is 35.5. The third kappa shape index (κ3) is 3.93. The van der Waals surface area contributed by atoms with E-state index >= 15 is 0 Å². The van der Waals surface area contributed by atoms with E-state index in [1.165, 1.54) is 5.56 Å². The Morgan fingerprint density at radius 2 is 2.32 bits per heavy atom. The van der Waals surface area contributed by atoms with Gasteiger partial charge in [0.2, 0.25) is 0 Å². The highest BCUT2D eigenvalue weighted by Crippen LogP contribution is 2.24. The van der Waals surface area contributed by atoms with Crippen LogP contribution in [0.5, 0.6) is 0 Å². The van der Waals surface area contributed by atoms with Gasteiger partial charge < -0.3 is 9.84 Å². The van der Waals surface area contributed by atoms with E-state index in [9.17, 15) is 5.11 Å². The van der Waals surface area contributed by atoms with E-state index in [1.54, 1.807) is 0 Å². The van der Waals surface area contributed by atoms with E-state index in [0.29, 0.717) is 13.2 Å². The fourth-order valence-electron chi connectivity index (χ4n) is 2.51. The second-order valence-corrected chi connectivity index (χ2v) is 5.80. The summed E-state index contributed by atoms with van der Waals surface area (Å²) in [5, 5.41) is 10.7. The molecule has 1 fully saturated rings. The van der Waals surface area contributed by atoms with E-state index in [-0.39, 0.29) is 18.1 Å². The van der Waals surface area contributed by atoms with Crippen LogP contribution in [-0.2, 0) is 4.74 Å². The van der Waals surface area contributed by atoms with Crippen molar-refractivity contribution in [3.63, 3.8) is 0 Å². The fourth-order valence-corrected chi connectivity index (χ4v) is 2.71. The van der Waals surface area contributed by atoms with Gasteiger partial charge in [-0.3, -0.25) is 4.90 Å². The molecule has 2 rings (SSSR count). The smallest absolute Gasteiger partial charge is 0.0624 e. The molecule has 3 unspecified atom stereocenters. The maximum absolute atomic E-state index is 9.99. The normalized spacial score (nSPS) is 25.5. The molecular formula is C15H22ClNO2. The molecule has 0 saturated carbocycles. The second-order valence-electron chi connectivity index (χ2n) is 5.36. The summed E-state index contributed by atoms with van der Waals surface area (Å²) in [6.07, 6.45) is 0.493. The number of aliphatic hydroxyl groups excluding tert-OH is 1. The molecule has 0 amide bonds. The maximum Gasteiger partial charge on any atom is 0.0624 e. The zero-order valence-electron chi connectivity index (χ0n) is 11.6. The van der Waals surface area contributed by atoms with E-state index < -0.39 is 0 Å². The molecule has 1 aromatic carbocycles. The number of halogens is 1. The molecule has 1 aliphatic rings. The van der Waals surface area contributed by atoms with Crippen molar-refractivity contribution in [2.45, 2.75) is 25.5 Å². The number of hydrogen-bond acceptors (Lipinski definition) is 3. The minimum absolute atomic E-state index is 0.195. The van der Waals surface area contributed by atoms with Crippen LogP contribution < -0.4 is 0 Å². The van der Waals surface area contributed by atoms with Crippen molar-refractivity contribution >= 4 is 11.6 Å². The lowest BCUT2D eigenvalue weighted by Crippen LogP contribution is -2.40. The van der Waals surface area contributed by atoms with Gasteiger partial charge in [-0.25, -0.2) is 0 Å². The lowest BCUT2D eigenvalue weighted by atomic mass is 9.97. The van der Waals surface area contributed by atoms with Crippen molar-refractivity contribution in [3.05, 3.63) is 34.9 Å². The van der Waals surface area contributed by atoms with Crippen LogP contribution in [0.3, 0.4) is 0 Å². The van der Waals surface area contributed by atoms with Crippen LogP contribution in [0, 0.1) is 5.92 Å². The lowest BCUT2D eigenvalue weighted by Gasteiger charge is -2.34. The van der Waals surface area contributed by atoms with E-state index in [4.69, 9.17) is 16.3 Å². The molecule has 3 atom stereocenters. The van der Waals surface area contributed by atoms with Crippen molar-refractivity contribution in [2.75, 3.05) is 26.8 Å². The van der Waals surface area contributed by atoms with Crippen molar-refractivity contribution in [1.82, 2.24) is 4.90 Å². The zero-order chi connectivity index (χ0) is 13.8. The summed E-state index contributed by atoms with van der Waals surface area (Å²) in [5.74, 6) is 0.195. The molecule has 19 heavy (non-hydrogen) atoms. The molecule has 1 N–H and O–H groups in total. The first-order valence-electron chi connectivity index (χ1n) is 6.79. The molecule has 1 heterocycles. The van der Waals surface area contributed by atoms with Gasteiger partial charge in [0.1, 0.15) is 0 Å². The topological polar surface area (TPSA) is 32.7 Å². The predicted molar refractivity (Wildman–Crippen MR) is 77.4 cm³/mol. The van der Waals surface area contributed by atoms with E-state index in [0.717, 1.165) is 18.0 Å². The number of aliphatic hydroxyl groups is 1. The Morgan fingerprint density at radius 1 is 1.53 bits per heavy atom. The first-order chi connectivity index (χ1) is 9.08.